The molecule has 5 nitrogen and oxygen atoms in total. The summed E-state index contributed by atoms with van der Waals surface area (Å²) in [7, 11) is -3.39. The van der Waals surface area contributed by atoms with Crippen LogP contribution in [-0.4, -0.2) is 20.6 Å². The molecule has 1 aliphatic carbocycles. The third kappa shape index (κ3) is 4.38. The number of hydrogen-bond donors (Lipinski definition) is 2. The molecule has 3 rings (SSSR count). The van der Waals surface area contributed by atoms with E-state index in [0.717, 1.165) is 55.1 Å². The highest BCUT2D eigenvalue weighted by atomic mass is 32.2. The van der Waals surface area contributed by atoms with Gasteiger partial charge in [-0.3, -0.25) is 9.52 Å². The van der Waals surface area contributed by atoms with E-state index < -0.39 is 15.4 Å². The molecule has 150 valence electrons. The molecule has 0 bridgehead atoms. The third-order valence-corrected chi connectivity index (χ3v) is 6.18. The number of aryl methyl sites for hydroxylation is 2. The van der Waals surface area contributed by atoms with Gasteiger partial charge < -0.3 is 5.32 Å². The highest BCUT2D eigenvalue weighted by molar-refractivity contribution is 7.92. The molecule has 1 amide bonds. The Kier molecular flexibility index (Phi) is 5.79. The summed E-state index contributed by atoms with van der Waals surface area (Å²) in [5.74, 6) is -0.0179. The molecule has 0 saturated heterocycles. The van der Waals surface area contributed by atoms with E-state index in [1.54, 1.807) is 6.07 Å². The Morgan fingerprint density at radius 1 is 0.964 bits per heavy atom. The number of hydrogen-bond acceptors (Lipinski definition) is 3. The summed E-state index contributed by atoms with van der Waals surface area (Å²) in [4.78, 5) is 13.5. The van der Waals surface area contributed by atoms with Gasteiger partial charge in [-0.05, 0) is 55.5 Å². The predicted molar refractivity (Wildman–Crippen MR) is 114 cm³/mol. The van der Waals surface area contributed by atoms with Crippen LogP contribution in [0.3, 0.4) is 0 Å². The molecule has 2 N–H and O–H groups in total. The number of benzene rings is 2. The summed E-state index contributed by atoms with van der Waals surface area (Å²) in [6.07, 6.45) is 5.96. The van der Waals surface area contributed by atoms with E-state index in [2.05, 4.69) is 29.1 Å². The molecule has 1 saturated carbocycles. The number of anilines is 2. The maximum Gasteiger partial charge on any atom is 0.235 e. The summed E-state index contributed by atoms with van der Waals surface area (Å²) in [5.41, 5.74) is 3.55. The molecule has 0 radical (unpaired) electrons. The van der Waals surface area contributed by atoms with Gasteiger partial charge in [0, 0.05) is 5.69 Å². The average molecular weight is 401 g/mol. The lowest BCUT2D eigenvalue weighted by Crippen LogP contribution is -2.42. The minimum Gasteiger partial charge on any atom is -0.325 e. The summed E-state index contributed by atoms with van der Waals surface area (Å²) >= 11 is 0. The molecule has 28 heavy (non-hydrogen) atoms. The first kappa shape index (κ1) is 20.4. The fourth-order valence-corrected chi connectivity index (χ4v) is 4.76. The molecule has 0 heterocycles. The van der Waals surface area contributed by atoms with Crippen LogP contribution < -0.4 is 10.0 Å². The van der Waals surface area contributed by atoms with Gasteiger partial charge in [-0.15, -0.1) is 0 Å². The minimum absolute atomic E-state index is 0.0179. The smallest absolute Gasteiger partial charge is 0.235 e. The van der Waals surface area contributed by atoms with Gasteiger partial charge in [0.1, 0.15) is 0 Å². The van der Waals surface area contributed by atoms with E-state index in [9.17, 15) is 13.2 Å². The zero-order chi connectivity index (χ0) is 20.4. The number of sulfonamides is 1. The van der Waals surface area contributed by atoms with E-state index in [0.29, 0.717) is 11.4 Å². The second-order valence-electron chi connectivity index (χ2n) is 7.82. The highest BCUT2D eigenvalue weighted by Crippen LogP contribution is 2.42. The number of amides is 1. The largest absolute Gasteiger partial charge is 0.325 e. The van der Waals surface area contributed by atoms with E-state index in [1.165, 1.54) is 0 Å². The van der Waals surface area contributed by atoms with Crippen LogP contribution in [0.5, 0.6) is 0 Å². The topological polar surface area (TPSA) is 75.3 Å². The summed E-state index contributed by atoms with van der Waals surface area (Å²) in [6.45, 7) is 3.88. The van der Waals surface area contributed by atoms with Crippen LogP contribution in [0, 0.1) is 13.8 Å². The minimum atomic E-state index is -3.39. The van der Waals surface area contributed by atoms with Crippen molar-refractivity contribution in [2.45, 2.75) is 51.4 Å². The normalized spacial score (nSPS) is 16.4. The SMILES string of the molecule is Cc1ccc(NC(=O)C2(c3ccccc3C)CCCCC2)cc1NS(C)(=O)=O. The maximum atomic E-state index is 13.5. The first-order chi connectivity index (χ1) is 13.2. The molecule has 2 aromatic carbocycles. The number of nitrogens with one attached hydrogen (secondary N) is 2. The molecule has 1 fully saturated rings. The lowest BCUT2D eigenvalue weighted by molar-refractivity contribution is -0.122. The van der Waals surface area contributed by atoms with Crippen molar-refractivity contribution in [3.05, 3.63) is 59.2 Å². The van der Waals surface area contributed by atoms with E-state index >= 15 is 0 Å². The van der Waals surface area contributed by atoms with Crippen LogP contribution in [-0.2, 0) is 20.2 Å². The van der Waals surface area contributed by atoms with Crippen LogP contribution in [0.4, 0.5) is 11.4 Å². The van der Waals surface area contributed by atoms with Crippen molar-refractivity contribution in [3.8, 4) is 0 Å². The Hall–Kier alpha value is -2.34. The highest BCUT2D eigenvalue weighted by Gasteiger charge is 2.41. The van der Waals surface area contributed by atoms with Crippen LogP contribution in [0.15, 0.2) is 42.5 Å². The van der Waals surface area contributed by atoms with Crippen LogP contribution >= 0.6 is 0 Å². The van der Waals surface area contributed by atoms with Gasteiger partial charge in [-0.25, -0.2) is 8.42 Å². The summed E-state index contributed by atoms with van der Waals surface area (Å²) in [5, 5.41) is 3.06. The molecule has 0 unspecified atom stereocenters. The van der Waals surface area contributed by atoms with Crippen molar-refractivity contribution in [2.75, 3.05) is 16.3 Å². The van der Waals surface area contributed by atoms with Gasteiger partial charge in [0.05, 0.1) is 17.4 Å². The van der Waals surface area contributed by atoms with Crippen molar-refractivity contribution in [1.82, 2.24) is 0 Å². The fraction of sp³-hybridized carbons (Fsp3) is 0.409. The summed E-state index contributed by atoms with van der Waals surface area (Å²) < 4.78 is 25.7. The van der Waals surface area contributed by atoms with Gasteiger partial charge in [0.25, 0.3) is 0 Å². The molecule has 0 spiro atoms. The molecular weight excluding hydrogens is 372 g/mol. The van der Waals surface area contributed by atoms with Crippen LogP contribution in [0.1, 0.15) is 48.8 Å². The van der Waals surface area contributed by atoms with Crippen molar-refractivity contribution in [1.29, 1.82) is 0 Å². The first-order valence-corrected chi connectivity index (χ1v) is 11.6. The third-order valence-electron chi connectivity index (χ3n) is 5.59. The molecule has 2 aromatic rings. The Morgan fingerprint density at radius 3 is 2.29 bits per heavy atom. The Morgan fingerprint density at radius 2 is 1.64 bits per heavy atom. The summed E-state index contributed by atoms with van der Waals surface area (Å²) in [6, 6.07) is 13.4. The molecule has 1 aliphatic rings. The monoisotopic (exact) mass is 400 g/mol. The van der Waals surface area contributed by atoms with Gasteiger partial charge in [0.15, 0.2) is 0 Å². The van der Waals surface area contributed by atoms with Gasteiger partial charge >= 0.3 is 0 Å². The quantitative estimate of drug-likeness (QED) is 0.775. The Balaban J connectivity index is 1.93. The predicted octanol–water partition coefficient (Wildman–Crippen LogP) is 4.52. The average Bonchev–Trinajstić information content (AvgIpc) is 2.64. The fourth-order valence-electron chi connectivity index (χ4n) is 4.14. The lowest BCUT2D eigenvalue weighted by Gasteiger charge is -2.37. The van der Waals surface area contributed by atoms with Crippen LogP contribution in [0.25, 0.3) is 0 Å². The lowest BCUT2D eigenvalue weighted by atomic mass is 9.67. The van der Waals surface area contributed by atoms with Crippen molar-refractivity contribution < 1.29 is 13.2 Å². The molecular formula is C22H28N2O3S. The zero-order valence-electron chi connectivity index (χ0n) is 16.7. The van der Waals surface area contributed by atoms with Crippen molar-refractivity contribution in [3.63, 3.8) is 0 Å². The van der Waals surface area contributed by atoms with Gasteiger partial charge in [-0.1, -0.05) is 49.6 Å². The number of carbonyl (C=O) groups excluding carboxylic acids is 1. The van der Waals surface area contributed by atoms with E-state index in [1.807, 2.05) is 31.2 Å². The molecule has 0 atom stereocenters. The standard InChI is InChI=1S/C22H28N2O3S/c1-16-9-5-6-10-19(16)22(13-7-4-8-14-22)21(25)23-18-12-11-17(2)20(15-18)24-28(3,26)27/h5-6,9-12,15,24H,4,7-8,13-14H2,1-3H3,(H,23,25). The van der Waals surface area contributed by atoms with Gasteiger partial charge in [0.2, 0.25) is 15.9 Å². The number of rotatable bonds is 5. The van der Waals surface area contributed by atoms with Crippen molar-refractivity contribution in [2.24, 2.45) is 0 Å². The molecule has 0 aliphatic heterocycles. The van der Waals surface area contributed by atoms with E-state index in [4.69, 9.17) is 0 Å². The maximum absolute atomic E-state index is 13.5. The Bertz CT molecular complexity index is 977. The first-order valence-electron chi connectivity index (χ1n) is 9.67. The van der Waals surface area contributed by atoms with Crippen LogP contribution in [0.2, 0.25) is 0 Å². The Labute approximate surface area is 167 Å². The molecule has 6 heteroatoms. The molecule has 0 aromatic heterocycles. The second kappa shape index (κ2) is 7.95. The van der Waals surface area contributed by atoms with Gasteiger partial charge in [-0.2, -0.15) is 0 Å². The van der Waals surface area contributed by atoms with Crippen molar-refractivity contribution >= 4 is 27.3 Å². The second-order valence-corrected chi connectivity index (χ2v) is 9.56. The van der Waals surface area contributed by atoms with E-state index in [-0.39, 0.29) is 5.91 Å². The zero-order valence-corrected chi connectivity index (χ0v) is 17.5. The number of carbonyl (C=O) groups is 1.